The van der Waals surface area contributed by atoms with E-state index in [1.165, 1.54) is 116 Å². The highest BCUT2D eigenvalue weighted by Crippen LogP contribution is 2.26. The Morgan fingerprint density at radius 3 is 0.786 bits per heavy atom. The molecular weight excluding hydrogens is 569 g/mol. The molecule has 42 heavy (non-hydrogen) atoms. The quantitative estimate of drug-likeness (QED) is 0.0432. The topological polar surface area (TPSA) is 109 Å². The number of hydrogen-bond donors (Lipinski definition) is 2. The second-order valence-corrected chi connectivity index (χ2v) is 15.7. The molecule has 0 amide bonds. The summed E-state index contributed by atoms with van der Waals surface area (Å²) in [6.07, 6.45) is 31.8. The number of hydrogen-bond acceptors (Lipinski definition) is 4. The van der Waals surface area contributed by atoms with Crippen molar-refractivity contribution in [2.24, 2.45) is 0 Å². The van der Waals surface area contributed by atoms with Crippen LogP contribution in [0.1, 0.15) is 194 Å². The van der Waals surface area contributed by atoms with Crippen molar-refractivity contribution in [3.63, 3.8) is 0 Å². The Balaban J connectivity index is 4.66. The Labute approximate surface area is 261 Å². The van der Waals surface area contributed by atoms with Gasteiger partial charge in [0.25, 0.3) is 20.2 Å². The lowest BCUT2D eigenvalue weighted by Crippen LogP contribution is -2.09. The highest BCUT2D eigenvalue weighted by molar-refractivity contribution is 7.86. The molecule has 0 rings (SSSR count). The average Bonchev–Trinajstić information content (AvgIpc) is 2.92. The Hall–Kier alpha value is -0.440. The van der Waals surface area contributed by atoms with Gasteiger partial charge in [-0.1, -0.05) is 166 Å². The minimum absolute atomic E-state index is 0.232. The predicted molar refractivity (Wildman–Crippen MR) is 180 cm³/mol. The molecule has 0 aliphatic rings. The van der Waals surface area contributed by atoms with Gasteiger partial charge in [-0.25, -0.2) is 0 Å². The average molecular weight is 637 g/mol. The SMILES string of the molecule is CCCCCCCCCCCCCC/C(CCS(=O)(=O)O)=C(/CCCCCCCCCCCCCC)CCS(=O)(=O)O. The lowest BCUT2D eigenvalue weighted by Gasteiger charge is -2.16. The van der Waals surface area contributed by atoms with Crippen LogP contribution in [0.4, 0.5) is 0 Å². The molecular formula is C34H68O6S2. The fourth-order valence-electron chi connectivity index (χ4n) is 5.82. The third kappa shape index (κ3) is 31.0. The van der Waals surface area contributed by atoms with E-state index in [0.717, 1.165) is 62.5 Å². The number of allylic oxidation sites excluding steroid dienone is 2. The molecule has 0 bridgehead atoms. The molecule has 0 aromatic heterocycles. The molecule has 0 atom stereocenters. The highest BCUT2D eigenvalue weighted by Gasteiger charge is 2.15. The Morgan fingerprint density at radius 1 is 0.357 bits per heavy atom. The summed E-state index contributed by atoms with van der Waals surface area (Å²) < 4.78 is 64.8. The first-order valence-corrected chi connectivity index (χ1v) is 20.9. The number of rotatable bonds is 32. The van der Waals surface area contributed by atoms with Crippen LogP contribution >= 0.6 is 0 Å². The van der Waals surface area contributed by atoms with Gasteiger partial charge in [-0.2, -0.15) is 16.8 Å². The first kappa shape index (κ1) is 41.6. The molecule has 0 aliphatic heterocycles. The lowest BCUT2D eigenvalue weighted by atomic mass is 9.93. The van der Waals surface area contributed by atoms with Crippen LogP contribution in [-0.2, 0) is 20.2 Å². The van der Waals surface area contributed by atoms with Gasteiger partial charge in [0.15, 0.2) is 0 Å². The monoisotopic (exact) mass is 636 g/mol. The fourth-order valence-corrected chi connectivity index (χ4v) is 6.83. The van der Waals surface area contributed by atoms with Crippen LogP contribution in [0.5, 0.6) is 0 Å². The predicted octanol–water partition coefficient (Wildman–Crippen LogP) is 11.0. The van der Waals surface area contributed by atoms with E-state index in [1.807, 2.05) is 0 Å². The molecule has 0 unspecified atom stereocenters. The molecule has 252 valence electrons. The van der Waals surface area contributed by atoms with Gasteiger partial charge < -0.3 is 0 Å². The Bertz CT molecular complexity index is 779. The zero-order valence-electron chi connectivity index (χ0n) is 27.6. The van der Waals surface area contributed by atoms with E-state index in [0.29, 0.717) is 0 Å². The second-order valence-electron chi connectivity index (χ2n) is 12.6. The van der Waals surface area contributed by atoms with Crippen molar-refractivity contribution < 1.29 is 25.9 Å². The highest BCUT2D eigenvalue weighted by atomic mass is 32.2. The first-order valence-electron chi connectivity index (χ1n) is 17.7. The van der Waals surface area contributed by atoms with Gasteiger partial charge >= 0.3 is 0 Å². The zero-order chi connectivity index (χ0) is 31.4. The van der Waals surface area contributed by atoms with Crippen LogP contribution in [-0.4, -0.2) is 37.4 Å². The van der Waals surface area contributed by atoms with E-state index in [-0.39, 0.29) is 24.3 Å². The second kappa shape index (κ2) is 28.1. The minimum Gasteiger partial charge on any atom is -0.286 e. The molecule has 6 nitrogen and oxygen atoms in total. The summed E-state index contributed by atoms with van der Waals surface area (Å²) in [6, 6.07) is 0. The Morgan fingerprint density at radius 2 is 0.571 bits per heavy atom. The maximum Gasteiger partial charge on any atom is 0.265 e. The van der Waals surface area contributed by atoms with Crippen molar-refractivity contribution in [3.05, 3.63) is 11.1 Å². The molecule has 0 heterocycles. The van der Waals surface area contributed by atoms with Crippen LogP contribution in [0, 0.1) is 0 Å². The minimum atomic E-state index is -4.10. The standard InChI is InChI=1S/C34H68O6S2/c1-3-5-7-9-11-13-15-17-19-21-23-25-27-33(29-31-41(35,36)37)34(30-32-42(38,39)40)28-26-24-22-20-18-16-14-12-10-8-6-4-2/h3-32H2,1-2H3,(H,35,36,37)(H,38,39,40)/b34-33+. The molecule has 0 aromatic rings. The maximum absolute atomic E-state index is 11.5. The third-order valence-electron chi connectivity index (χ3n) is 8.49. The van der Waals surface area contributed by atoms with Crippen LogP contribution in [0.25, 0.3) is 0 Å². The zero-order valence-corrected chi connectivity index (χ0v) is 29.2. The van der Waals surface area contributed by atoms with Crippen LogP contribution in [0.3, 0.4) is 0 Å². The molecule has 0 saturated carbocycles. The molecule has 0 fully saturated rings. The first-order chi connectivity index (χ1) is 20.1. The summed E-state index contributed by atoms with van der Waals surface area (Å²) in [4.78, 5) is 0. The molecule has 0 spiro atoms. The molecule has 0 aromatic carbocycles. The maximum atomic E-state index is 11.5. The third-order valence-corrected chi connectivity index (χ3v) is 9.93. The molecule has 0 radical (unpaired) electrons. The summed E-state index contributed by atoms with van der Waals surface area (Å²) in [5.74, 6) is -0.678. The largest absolute Gasteiger partial charge is 0.286 e. The summed E-state index contributed by atoms with van der Waals surface area (Å²) in [7, 11) is -8.20. The fraction of sp³-hybridized carbons (Fsp3) is 0.941. The van der Waals surface area contributed by atoms with Crippen molar-refractivity contribution in [2.45, 2.75) is 194 Å². The van der Waals surface area contributed by atoms with Gasteiger partial charge in [-0.15, -0.1) is 0 Å². The van der Waals surface area contributed by atoms with Gasteiger partial charge in [0, 0.05) is 0 Å². The van der Waals surface area contributed by atoms with Crippen molar-refractivity contribution in [1.29, 1.82) is 0 Å². The normalized spacial score (nSPS) is 13.0. The smallest absolute Gasteiger partial charge is 0.265 e. The van der Waals surface area contributed by atoms with E-state index in [2.05, 4.69) is 13.8 Å². The van der Waals surface area contributed by atoms with Gasteiger partial charge in [0.2, 0.25) is 0 Å². The van der Waals surface area contributed by atoms with Crippen LogP contribution in [0.15, 0.2) is 11.1 Å². The van der Waals surface area contributed by atoms with Crippen molar-refractivity contribution in [2.75, 3.05) is 11.5 Å². The van der Waals surface area contributed by atoms with Gasteiger partial charge in [0.05, 0.1) is 11.5 Å². The van der Waals surface area contributed by atoms with Gasteiger partial charge in [-0.3, -0.25) is 9.11 Å². The lowest BCUT2D eigenvalue weighted by molar-refractivity contribution is 0.478. The van der Waals surface area contributed by atoms with Crippen molar-refractivity contribution in [3.8, 4) is 0 Å². The number of unbranched alkanes of at least 4 members (excludes halogenated alkanes) is 22. The summed E-state index contributed by atoms with van der Waals surface area (Å²) >= 11 is 0. The van der Waals surface area contributed by atoms with Crippen LogP contribution in [0.2, 0.25) is 0 Å². The van der Waals surface area contributed by atoms with Gasteiger partial charge in [-0.05, 0) is 38.5 Å². The summed E-state index contributed by atoms with van der Waals surface area (Å²) in [6.45, 7) is 4.49. The van der Waals surface area contributed by atoms with Crippen molar-refractivity contribution >= 4 is 20.2 Å². The van der Waals surface area contributed by atoms with E-state index in [1.54, 1.807) is 0 Å². The summed E-state index contributed by atoms with van der Waals surface area (Å²) in [5.41, 5.74) is 1.93. The van der Waals surface area contributed by atoms with E-state index < -0.39 is 20.2 Å². The van der Waals surface area contributed by atoms with E-state index in [4.69, 9.17) is 0 Å². The molecule has 8 heteroatoms. The van der Waals surface area contributed by atoms with Crippen molar-refractivity contribution in [1.82, 2.24) is 0 Å². The van der Waals surface area contributed by atoms with E-state index >= 15 is 0 Å². The molecule has 0 saturated heterocycles. The summed E-state index contributed by atoms with van der Waals surface area (Å²) in [5, 5.41) is 0. The van der Waals surface area contributed by atoms with Crippen LogP contribution < -0.4 is 0 Å². The molecule has 2 N–H and O–H groups in total. The van der Waals surface area contributed by atoms with E-state index in [9.17, 15) is 25.9 Å². The molecule has 0 aliphatic carbocycles. The van der Waals surface area contributed by atoms with Gasteiger partial charge in [0.1, 0.15) is 0 Å². The Kier molecular flexibility index (Phi) is 27.8.